The molecule has 2 aliphatic rings. The maximum atomic E-state index is 14.4. The molecule has 1 saturated heterocycles. The maximum Gasteiger partial charge on any atom is 0.410 e. The second kappa shape index (κ2) is 5.55. The van der Waals surface area contributed by atoms with Gasteiger partial charge in [-0.05, 0) is 63.8 Å². The summed E-state index contributed by atoms with van der Waals surface area (Å²) in [4.78, 5) is 26.1. The lowest BCUT2D eigenvalue weighted by Gasteiger charge is -2.29. The van der Waals surface area contributed by atoms with Crippen molar-refractivity contribution in [3.63, 3.8) is 0 Å². The summed E-state index contributed by atoms with van der Waals surface area (Å²) in [6.07, 6.45) is 0.203. The molecule has 3 atom stereocenters. The van der Waals surface area contributed by atoms with E-state index in [-0.39, 0.29) is 17.5 Å². The van der Waals surface area contributed by atoms with E-state index in [1.807, 2.05) is 0 Å². The van der Waals surface area contributed by atoms with Gasteiger partial charge in [-0.1, -0.05) is 15.9 Å². The number of hydrogen-bond donors (Lipinski definition) is 0. The average molecular weight is 398 g/mol. The van der Waals surface area contributed by atoms with Gasteiger partial charge in [0.25, 0.3) is 0 Å². The van der Waals surface area contributed by atoms with Gasteiger partial charge in [-0.25, -0.2) is 9.18 Å². The van der Waals surface area contributed by atoms with Crippen LogP contribution in [0.2, 0.25) is 0 Å². The van der Waals surface area contributed by atoms with E-state index >= 15 is 0 Å². The minimum absolute atomic E-state index is 0.0497. The molecule has 1 saturated carbocycles. The molecule has 1 amide bonds. The van der Waals surface area contributed by atoms with Crippen LogP contribution in [0.1, 0.15) is 39.7 Å². The number of nitrogens with zero attached hydrogens (tertiary/aromatic N) is 1. The zero-order valence-electron chi connectivity index (χ0n) is 14.2. The number of Topliss-reactive ketones (excluding diaryl/α,β-unsaturated/α-hetero) is 1. The Morgan fingerprint density at radius 3 is 2.62 bits per heavy atom. The van der Waals surface area contributed by atoms with Gasteiger partial charge in [0.05, 0.1) is 6.04 Å². The fourth-order valence-corrected chi connectivity index (χ4v) is 4.19. The number of fused-ring (bicyclic) bond motifs is 1. The zero-order valence-corrected chi connectivity index (χ0v) is 15.8. The number of rotatable bonds is 2. The van der Waals surface area contributed by atoms with Crippen molar-refractivity contribution in [2.45, 2.75) is 51.2 Å². The molecule has 130 valence electrons. The Morgan fingerprint density at radius 1 is 1.38 bits per heavy atom. The Kier molecular flexibility index (Phi) is 4.02. The molecule has 0 N–H and O–H groups in total. The SMILES string of the molecule is CC(=O)C1C2CC2(c2cc(Br)ccc2F)CN1C(=O)OC(C)(C)C. The Labute approximate surface area is 149 Å². The quantitative estimate of drug-likeness (QED) is 0.755. The van der Waals surface area contributed by atoms with Crippen molar-refractivity contribution in [1.29, 1.82) is 0 Å². The fraction of sp³-hybridized carbons (Fsp3) is 0.556. The number of carbonyl (C=O) groups excluding carboxylic acids is 2. The highest BCUT2D eigenvalue weighted by Crippen LogP contribution is 2.62. The van der Waals surface area contributed by atoms with Gasteiger partial charge in [0.1, 0.15) is 11.4 Å². The van der Waals surface area contributed by atoms with E-state index in [2.05, 4.69) is 15.9 Å². The first-order valence-corrected chi connectivity index (χ1v) is 8.80. The van der Waals surface area contributed by atoms with Gasteiger partial charge in [-0.15, -0.1) is 0 Å². The van der Waals surface area contributed by atoms with Crippen LogP contribution in [0.4, 0.5) is 9.18 Å². The van der Waals surface area contributed by atoms with Crippen LogP contribution in [-0.4, -0.2) is 35.0 Å². The molecule has 6 heteroatoms. The minimum atomic E-state index is -0.639. The van der Waals surface area contributed by atoms with Crippen molar-refractivity contribution in [2.75, 3.05) is 6.54 Å². The molecule has 1 aliphatic heterocycles. The van der Waals surface area contributed by atoms with Crippen molar-refractivity contribution in [2.24, 2.45) is 5.92 Å². The summed E-state index contributed by atoms with van der Waals surface area (Å²) in [6, 6.07) is 4.28. The van der Waals surface area contributed by atoms with Crippen molar-refractivity contribution in [3.05, 3.63) is 34.1 Å². The highest BCUT2D eigenvalue weighted by Gasteiger charge is 2.68. The van der Waals surface area contributed by atoms with Gasteiger partial charge >= 0.3 is 6.09 Å². The third-order valence-electron chi connectivity index (χ3n) is 4.81. The molecular weight excluding hydrogens is 377 g/mol. The Morgan fingerprint density at radius 2 is 2.04 bits per heavy atom. The van der Waals surface area contributed by atoms with Gasteiger partial charge in [-0.2, -0.15) is 0 Å². The molecule has 24 heavy (non-hydrogen) atoms. The monoisotopic (exact) mass is 397 g/mol. The number of benzene rings is 1. The van der Waals surface area contributed by atoms with Gasteiger partial charge in [0, 0.05) is 16.4 Å². The molecule has 0 bridgehead atoms. The van der Waals surface area contributed by atoms with Crippen LogP contribution < -0.4 is 0 Å². The largest absolute Gasteiger partial charge is 0.444 e. The normalized spacial score (nSPS) is 28.5. The zero-order chi connectivity index (χ0) is 17.9. The summed E-state index contributed by atoms with van der Waals surface area (Å²) >= 11 is 3.38. The molecule has 1 aromatic carbocycles. The Balaban J connectivity index is 1.94. The van der Waals surface area contributed by atoms with Gasteiger partial charge < -0.3 is 4.74 Å². The molecule has 0 radical (unpaired) electrons. The van der Waals surface area contributed by atoms with E-state index in [9.17, 15) is 14.0 Å². The standard InChI is InChI=1S/C18H21BrFNO3/c1-10(22)15-13-8-18(13,12-7-11(19)5-6-14(12)20)9-21(15)16(23)24-17(2,3)4/h5-7,13,15H,8-9H2,1-4H3. The Bertz CT molecular complexity index is 715. The third-order valence-corrected chi connectivity index (χ3v) is 5.31. The van der Waals surface area contributed by atoms with Crippen LogP contribution in [0, 0.1) is 11.7 Å². The lowest BCUT2D eigenvalue weighted by atomic mass is 9.93. The smallest absolute Gasteiger partial charge is 0.410 e. The number of likely N-dealkylation sites (tertiary alicyclic amines) is 1. The molecule has 3 rings (SSSR count). The lowest BCUT2D eigenvalue weighted by molar-refractivity contribution is -0.122. The molecule has 1 aromatic rings. The number of ketones is 1. The highest BCUT2D eigenvalue weighted by atomic mass is 79.9. The number of carbonyl (C=O) groups is 2. The molecule has 2 fully saturated rings. The molecular formula is C18H21BrFNO3. The molecule has 4 nitrogen and oxygen atoms in total. The molecule has 0 aromatic heterocycles. The average Bonchev–Trinajstić information content (AvgIpc) is 3.05. The maximum absolute atomic E-state index is 14.4. The number of piperidine rings is 1. The molecule has 1 heterocycles. The van der Waals surface area contributed by atoms with E-state index in [0.29, 0.717) is 18.5 Å². The topological polar surface area (TPSA) is 46.6 Å². The fourth-order valence-electron chi connectivity index (χ4n) is 3.82. The van der Waals surface area contributed by atoms with Crippen LogP contribution in [-0.2, 0) is 14.9 Å². The summed E-state index contributed by atoms with van der Waals surface area (Å²) in [7, 11) is 0. The van der Waals surface area contributed by atoms with Crippen LogP contribution >= 0.6 is 15.9 Å². The van der Waals surface area contributed by atoms with Crippen LogP contribution in [0.15, 0.2) is 22.7 Å². The number of ether oxygens (including phenoxy) is 1. The number of halogens is 2. The molecule has 3 unspecified atom stereocenters. The molecule has 1 aliphatic carbocycles. The minimum Gasteiger partial charge on any atom is -0.444 e. The summed E-state index contributed by atoms with van der Waals surface area (Å²) in [5, 5.41) is 0. The van der Waals surface area contributed by atoms with Crippen LogP contribution in [0.25, 0.3) is 0 Å². The lowest BCUT2D eigenvalue weighted by Crippen LogP contribution is -2.45. The first-order chi connectivity index (χ1) is 11.0. The third kappa shape index (κ3) is 2.85. The summed E-state index contributed by atoms with van der Waals surface area (Å²) in [5.41, 5.74) is -0.556. The van der Waals surface area contributed by atoms with Crippen LogP contribution in [0.5, 0.6) is 0 Å². The van der Waals surface area contributed by atoms with E-state index in [1.165, 1.54) is 17.9 Å². The predicted molar refractivity (Wildman–Crippen MR) is 91.3 cm³/mol. The first kappa shape index (κ1) is 17.4. The van der Waals surface area contributed by atoms with Crippen molar-refractivity contribution in [3.8, 4) is 0 Å². The Hall–Kier alpha value is -1.43. The van der Waals surface area contributed by atoms with E-state index in [4.69, 9.17) is 4.74 Å². The van der Waals surface area contributed by atoms with Gasteiger partial charge in [0.15, 0.2) is 5.78 Å². The van der Waals surface area contributed by atoms with Crippen molar-refractivity contribution < 1.29 is 18.7 Å². The first-order valence-electron chi connectivity index (χ1n) is 8.01. The van der Waals surface area contributed by atoms with Gasteiger partial charge in [-0.3, -0.25) is 9.69 Å². The second-order valence-corrected chi connectivity index (χ2v) is 8.67. The summed E-state index contributed by atoms with van der Waals surface area (Å²) in [6.45, 7) is 7.15. The summed E-state index contributed by atoms with van der Waals surface area (Å²) in [5.74, 6) is -0.430. The number of hydrogen-bond acceptors (Lipinski definition) is 3. The number of amides is 1. The van der Waals surface area contributed by atoms with Crippen molar-refractivity contribution in [1.82, 2.24) is 4.90 Å². The summed E-state index contributed by atoms with van der Waals surface area (Å²) < 4.78 is 20.6. The molecule has 0 spiro atoms. The predicted octanol–water partition coefficient (Wildman–Crippen LogP) is 4.05. The van der Waals surface area contributed by atoms with Gasteiger partial charge in [0.2, 0.25) is 0 Å². The van der Waals surface area contributed by atoms with E-state index in [0.717, 1.165) is 4.47 Å². The highest BCUT2D eigenvalue weighted by molar-refractivity contribution is 9.10. The van der Waals surface area contributed by atoms with E-state index in [1.54, 1.807) is 32.9 Å². The van der Waals surface area contributed by atoms with E-state index < -0.39 is 23.2 Å². The van der Waals surface area contributed by atoms with Crippen molar-refractivity contribution >= 4 is 27.8 Å². The second-order valence-electron chi connectivity index (χ2n) is 7.75. The van der Waals surface area contributed by atoms with Crippen LogP contribution in [0.3, 0.4) is 0 Å².